The van der Waals surface area contributed by atoms with E-state index >= 15 is 0 Å². The number of furan rings is 1. The molecule has 0 saturated carbocycles. The normalized spacial score (nSPS) is 14.8. The first-order valence-electron chi connectivity index (χ1n) is 9.77. The first kappa shape index (κ1) is 20.2. The van der Waals surface area contributed by atoms with Crippen LogP contribution in [0.1, 0.15) is 28.6 Å². The summed E-state index contributed by atoms with van der Waals surface area (Å²) >= 11 is 0. The molecular weight excluding hydrogens is 396 g/mol. The van der Waals surface area contributed by atoms with Crippen LogP contribution in [0.15, 0.2) is 70.7 Å². The average Bonchev–Trinajstić information content (AvgIpc) is 3.34. The topological polar surface area (TPSA) is 88.9 Å². The number of nitrogens with one attached hydrogen (secondary N) is 1. The van der Waals surface area contributed by atoms with Gasteiger partial charge in [-0.05, 0) is 61.9 Å². The van der Waals surface area contributed by atoms with Crippen LogP contribution < -0.4 is 10.4 Å². The van der Waals surface area contributed by atoms with Crippen LogP contribution in [0.2, 0.25) is 0 Å². The van der Waals surface area contributed by atoms with E-state index in [0.717, 1.165) is 11.1 Å². The molecule has 0 spiro atoms. The number of hydrazine groups is 1. The fraction of sp³-hybridized carbons (Fsp3) is 0.125. The van der Waals surface area contributed by atoms with Gasteiger partial charge in [-0.2, -0.15) is 0 Å². The average molecular weight is 416 g/mol. The van der Waals surface area contributed by atoms with Crippen molar-refractivity contribution in [2.24, 2.45) is 0 Å². The zero-order valence-corrected chi connectivity index (χ0v) is 17.0. The molecule has 2 amide bonds. The zero-order chi connectivity index (χ0) is 22.0. The van der Waals surface area contributed by atoms with Crippen LogP contribution in [-0.4, -0.2) is 24.4 Å². The van der Waals surface area contributed by atoms with Crippen molar-refractivity contribution in [3.05, 3.63) is 83.1 Å². The molecule has 2 heterocycles. The van der Waals surface area contributed by atoms with Gasteiger partial charge in [0.2, 0.25) is 0 Å². The van der Waals surface area contributed by atoms with Gasteiger partial charge in [-0.15, -0.1) is 0 Å². The number of aryl methyl sites for hydroxylation is 1. The maximum absolute atomic E-state index is 12.8. The SMILES string of the molecule is CCOC(=O)c1ccc(-c2ccc(C=C3C(=O)NN(c4cccc(C)c4)C3=O)o2)cc1. The number of ether oxygens (including phenoxy) is 1. The lowest BCUT2D eigenvalue weighted by molar-refractivity contribution is -0.117. The van der Waals surface area contributed by atoms with E-state index in [1.807, 2.05) is 25.1 Å². The number of anilines is 1. The fourth-order valence-electron chi connectivity index (χ4n) is 3.22. The van der Waals surface area contributed by atoms with E-state index in [9.17, 15) is 14.4 Å². The predicted molar refractivity (Wildman–Crippen MR) is 115 cm³/mol. The van der Waals surface area contributed by atoms with E-state index in [1.54, 1.807) is 49.4 Å². The van der Waals surface area contributed by atoms with Crippen LogP contribution in [0.25, 0.3) is 17.4 Å². The van der Waals surface area contributed by atoms with Crippen molar-refractivity contribution in [3.63, 3.8) is 0 Å². The molecule has 0 atom stereocenters. The molecule has 1 fully saturated rings. The van der Waals surface area contributed by atoms with Gasteiger partial charge >= 0.3 is 5.97 Å². The molecule has 0 bridgehead atoms. The first-order chi connectivity index (χ1) is 15.0. The lowest BCUT2D eigenvalue weighted by Gasteiger charge is -2.14. The molecule has 0 radical (unpaired) electrons. The molecule has 1 aliphatic heterocycles. The Labute approximate surface area is 178 Å². The van der Waals surface area contributed by atoms with Gasteiger partial charge < -0.3 is 9.15 Å². The third-order valence-corrected chi connectivity index (χ3v) is 4.75. The number of amides is 2. The third-order valence-electron chi connectivity index (χ3n) is 4.75. The summed E-state index contributed by atoms with van der Waals surface area (Å²) < 4.78 is 10.8. The highest BCUT2D eigenvalue weighted by molar-refractivity contribution is 6.31. The van der Waals surface area contributed by atoms with Gasteiger partial charge in [0.05, 0.1) is 17.9 Å². The van der Waals surface area contributed by atoms with Crippen LogP contribution in [0.3, 0.4) is 0 Å². The van der Waals surface area contributed by atoms with E-state index in [-0.39, 0.29) is 11.5 Å². The molecular formula is C24H20N2O5. The monoisotopic (exact) mass is 416 g/mol. The predicted octanol–water partition coefficient (Wildman–Crippen LogP) is 3.89. The summed E-state index contributed by atoms with van der Waals surface area (Å²) in [6.07, 6.45) is 1.42. The number of esters is 1. The summed E-state index contributed by atoms with van der Waals surface area (Å²) in [5.41, 5.74) is 5.32. The molecule has 7 nitrogen and oxygen atoms in total. The van der Waals surface area contributed by atoms with Gasteiger partial charge in [0.1, 0.15) is 17.1 Å². The number of rotatable bonds is 5. The van der Waals surface area contributed by atoms with Crippen LogP contribution in [0.4, 0.5) is 5.69 Å². The summed E-state index contributed by atoms with van der Waals surface area (Å²) in [7, 11) is 0. The Morgan fingerprint density at radius 3 is 2.58 bits per heavy atom. The van der Waals surface area contributed by atoms with E-state index in [4.69, 9.17) is 9.15 Å². The molecule has 2 aromatic carbocycles. The lowest BCUT2D eigenvalue weighted by Crippen LogP contribution is -2.35. The van der Waals surface area contributed by atoms with Crippen LogP contribution in [0, 0.1) is 6.92 Å². The second kappa shape index (κ2) is 8.31. The number of benzene rings is 2. The molecule has 1 aromatic heterocycles. The van der Waals surface area contributed by atoms with Crippen LogP contribution in [-0.2, 0) is 14.3 Å². The zero-order valence-electron chi connectivity index (χ0n) is 17.0. The Kier molecular flexibility index (Phi) is 5.41. The van der Waals surface area contributed by atoms with Crippen molar-refractivity contribution >= 4 is 29.5 Å². The molecule has 3 aromatic rings. The van der Waals surface area contributed by atoms with Crippen molar-refractivity contribution in [2.45, 2.75) is 13.8 Å². The number of carbonyl (C=O) groups is 3. The lowest BCUT2D eigenvalue weighted by atomic mass is 10.1. The van der Waals surface area contributed by atoms with Crippen molar-refractivity contribution in [2.75, 3.05) is 11.6 Å². The van der Waals surface area contributed by atoms with E-state index in [2.05, 4.69) is 5.43 Å². The van der Waals surface area contributed by atoms with Gasteiger partial charge in [0.25, 0.3) is 11.8 Å². The quantitative estimate of drug-likeness (QED) is 0.387. The summed E-state index contributed by atoms with van der Waals surface area (Å²) in [5, 5.41) is 1.22. The molecule has 7 heteroatoms. The van der Waals surface area contributed by atoms with Crippen LogP contribution in [0.5, 0.6) is 0 Å². The first-order valence-corrected chi connectivity index (χ1v) is 9.77. The van der Waals surface area contributed by atoms with Gasteiger partial charge in [0, 0.05) is 5.56 Å². The number of hydrogen-bond acceptors (Lipinski definition) is 5. The summed E-state index contributed by atoms with van der Waals surface area (Å²) in [5.74, 6) is -0.420. The Morgan fingerprint density at radius 1 is 1.10 bits per heavy atom. The van der Waals surface area contributed by atoms with Gasteiger partial charge in [0.15, 0.2) is 0 Å². The van der Waals surface area contributed by atoms with E-state index < -0.39 is 11.8 Å². The highest BCUT2D eigenvalue weighted by atomic mass is 16.5. The minimum absolute atomic E-state index is 0.0138. The highest BCUT2D eigenvalue weighted by Gasteiger charge is 2.34. The largest absolute Gasteiger partial charge is 0.462 e. The minimum atomic E-state index is -0.497. The molecule has 0 aliphatic carbocycles. The van der Waals surface area contributed by atoms with E-state index in [1.165, 1.54) is 11.1 Å². The van der Waals surface area contributed by atoms with E-state index in [0.29, 0.717) is 29.4 Å². The van der Waals surface area contributed by atoms with Gasteiger partial charge in [-0.3, -0.25) is 15.0 Å². The molecule has 0 unspecified atom stereocenters. The number of hydrogen-bond donors (Lipinski definition) is 1. The highest BCUT2D eigenvalue weighted by Crippen LogP contribution is 2.26. The molecule has 1 aliphatic rings. The minimum Gasteiger partial charge on any atom is -0.462 e. The van der Waals surface area contributed by atoms with Crippen LogP contribution >= 0.6 is 0 Å². The smallest absolute Gasteiger partial charge is 0.338 e. The Morgan fingerprint density at radius 2 is 1.87 bits per heavy atom. The summed E-state index contributed by atoms with van der Waals surface area (Å²) in [6.45, 7) is 3.97. The van der Waals surface area contributed by atoms with Gasteiger partial charge in [-0.25, -0.2) is 9.80 Å². The summed E-state index contributed by atoms with van der Waals surface area (Å²) in [6, 6.07) is 17.5. The number of nitrogens with zero attached hydrogens (tertiary/aromatic N) is 1. The third kappa shape index (κ3) is 4.11. The second-order valence-corrected chi connectivity index (χ2v) is 6.98. The molecule has 31 heavy (non-hydrogen) atoms. The fourth-order valence-corrected chi connectivity index (χ4v) is 3.22. The second-order valence-electron chi connectivity index (χ2n) is 6.98. The van der Waals surface area contributed by atoms with Crippen molar-refractivity contribution in [3.8, 4) is 11.3 Å². The Hall–Kier alpha value is -4.13. The molecule has 156 valence electrons. The van der Waals surface area contributed by atoms with Crippen molar-refractivity contribution in [1.82, 2.24) is 5.43 Å². The maximum atomic E-state index is 12.8. The van der Waals surface area contributed by atoms with Crippen molar-refractivity contribution in [1.29, 1.82) is 0 Å². The Balaban J connectivity index is 1.55. The standard InChI is InChI=1S/C24H20N2O5/c1-3-30-24(29)17-9-7-16(8-10-17)21-12-11-19(31-21)14-20-22(27)25-26(23(20)28)18-6-4-5-15(2)13-18/h4-14H,3H2,1-2H3,(H,25,27). The van der Waals surface area contributed by atoms with Gasteiger partial charge in [-0.1, -0.05) is 24.3 Å². The maximum Gasteiger partial charge on any atom is 0.338 e. The number of carbonyl (C=O) groups excluding carboxylic acids is 3. The molecule has 1 N–H and O–H groups in total. The molecule has 1 saturated heterocycles. The summed E-state index contributed by atoms with van der Waals surface area (Å²) in [4.78, 5) is 36.9. The van der Waals surface area contributed by atoms with Crippen molar-refractivity contribution < 1.29 is 23.5 Å². The molecule has 4 rings (SSSR count). The Bertz CT molecular complexity index is 1190.